The van der Waals surface area contributed by atoms with Crippen molar-refractivity contribution in [2.75, 3.05) is 13.7 Å². The largest absolute Gasteiger partial charge is 0.494 e. The molecule has 0 spiro atoms. The Morgan fingerprint density at radius 1 is 1.10 bits per heavy atom. The van der Waals surface area contributed by atoms with Gasteiger partial charge in [-0.3, -0.25) is 0 Å². The van der Waals surface area contributed by atoms with Crippen molar-refractivity contribution in [1.29, 1.82) is 0 Å². The van der Waals surface area contributed by atoms with Crippen molar-refractivity contribution >= 4 is 0 Å². The van der Waals surface area contributed by atoms with Gasteiger partial charge >= 0.3 is 0 Å². The first-order chi connectivity index (χ1) is 10.2. The minimum atomic E-state index is 0.190. The normalized spacial score (nSPS) is 12.2. The Kier molecular flexibility index (Phi) is 5.40. The summed E-state index contributed by atoms with van der Waals surface area (Å²) in [5, 5.41) is 3.43. The number of benzene rings is 2. The maximum atomic E-state index is 5.75. The van der Waals surface area contributed by atoms with Crippen LogP contribution in [0.1, 0.15) is 41.6 Å². The third kappa shape index (κ3) is 3.85. The van der Waals surface area contributed by atoms with Crippen molar-refractivity contribution < 1.29 is 4.74 Å². The molecule has 0 bridgehead atoms. The van der Waals surface area contributed by atoms with Crippen LogP contribution in [0.25, 0.3) is 0 Å². The first-order valence-corrected chi connectivity index (χ1v) is 7.63. The Hall–Kier alpha value is -1.80. The van der Waals surface area contributed by atoms with Gasteiger partial charge in [0.15, 0.2) is 0 Å². The van der Waals surface area contributed by atoms with Crippen molar-refractivity contribution in [3.05, 3.63) is 64.7 Å². The van der Waals surface area contributed by atoms with Crippen molar-refractivity contribution in [3.63, 3.8) is 0 Å². The van der Waals surface area contributed by atoms with Crippen molar-refractivity contribution in [1.82, 2.24) is 5.32 Å². The lowest BCUT2D eigenvalue weighted by atomic mass is 9.93. The van der Waals surface area contributed by atoms with Crippen LogP contribution in [0.4, 0.5) is 0 Å². The first-order valence-electron chi connectivity index (χ1n) is 7.63. The van der Waals surface area contributed by atoms with Gasteiger partial charge in [0.25, 0.3) is 0 Å². The maximum Gasteiger partial charge on any atom is 0.119 e. The molecule has 1 atom stereocenters. The van der Waals surface area contributed by atoms with Gasteiger partial charge in [-0.1, -0.05) is 42.8 Å². The standard InChI is InChI=1S/C19H25NO/c1-5-11-21-17-8-6-7-16(13-17)19(20-4)18-12-14(2)9-10-15(18)3/h6-10,12-13,19-20H,5,11H2,1-4H3. The molecule has 0 saturated carbocycles. The fraction of sp³-hybridized carbons (Fsp3) is 0.368. The number of hydrogen-bond donors (Lipinski definition) is 1. The Bertz CT molecular complexity index is 592. The van der Waals surface area contributed by atoms with Gasteiger partial charge in [-0.05, 0) is 56.1 Å². The molecule has 2 aromatic rings. The molecule has 1 unspecified atom stereocenters. The van der Waals surface area contributed by atoms with E-state index in [2.05, 4.69) is 62.5 Å². The average molecular weight is 283 g/mol. The molecule has 0 saturated heterocycles. The highest BCUT2D eigenvalue weighted by Gasteiger charge is 2.15. The second-order valence-electron chi connectivity index (χ2n) is 5.50. The van der Waals surface area contributed by atoms with Gasteiger partial charge in [0, 0.05) is 0 Å². The van der Waals surface area contributed by atoms with Crippen LogP contribution >= 0.6 is 0 Å². The van der Waals surface area contributed by atoms with E-state index < -0.39 is 0 Å². The van der Waals surface area contributed by atoms with Gasteiger partial charge in [-0.15, -0.1) is 0 Å². The van der Waals surface area contributed by atoms with E-state index >= 15 is 0 Å². The molecule has 0 fully saturated rings. The van der Waals surface area contributed by atoms with Crippen LogP contribution < -0.4 is 10.1 Å². The third-order valence-corrected chi connectivity index (χ3v) is 3.70. The van der Waals surface area contributed by atoms with Crippen molar-refractivity contribution in [2.45, 2.75) is 33.2 Å². The summed E-state index contributed by atoms with van der Waals surface area (Å²) >= 11 is 0. The van der Waals surface area contributed by atoms with Gasteiger partial charge in [0.2, 0.25) is 0 Å². The summed E-state index contributed by atoms with van der Waals surface area (Å²) in [4.78, 5) is 0. The molecule has 0 aliphatic carbocycles. The van der Waals surface area contributed by atoms with Gasteiger partial charge in [-0.25, -0.2) is 0 Å². The topological polar surface area (TPSA) is 21.3 Å². The molecule has 0 amide bonds. The summed E-state index contributed by atoms with van der Waals surface area (Å²) in [5.74, 6) is 0.944. The second-order valence-corrected chi connectivity index (χ2v) is 5.50. The zero-order chi connectivity index (χ0) is 15.2. The van der Waals surface area contributed by atoms with Gasteiger partial charge in [0.05, 0.1) is 12.6 Å². The molecule has 0 heterocycles. The lowest BCUT2D eigenvalue weighted by Gasteiger charge is -2.21. The monoisotopic (exact) mass is 283 g/mol. The Balaban J connectivity index is 2.34. The van der Waals surface area contributed by atoms with E-state index in [1.54, 1.807) is 0 Å². The minimum Gasteiger partial charge on any atom is -0.494 e. The van der Waals surface area contributed by atoms with Crippen molar-refractivity contribution in [3.8, 4) is 5.75 Å². The molecule has 1 N–H and O–H groups in total. The minimum absolute atomic E-state index is 0.190. The lowest BCUT2D eigenvalue weighted by Crippen LogP contribution is -2.19. The molecule has 0 aliphatic rings. The van der Waals surface area contributed by atoms with Crippen LogP contribution in [0.5, 0.6) is 5.75 Å². The maximum absolute atomic E-state index is 5.75. The van der Waals surface area contributed by atoms with Crippen LogP contribution in [0.2, 0.25) is 0 Å². The second kappa shape index (κ2) is 7.28. The van der Waals surface area contributed by atoms with E-state index in [4.69, 9.17) is 4.74 Å². The average Bonchev–Trinajstić information content (AvgIpc) is 2.50. The first kappa shape index (κ1) is 15.6. The summed E-state index contributed by atoms with van der Waals surface area (Å²) in [6, 6.07) is 15.2. The fourth-order valence-corrected chi connectivity index (χ4v) is 2.58. The fourth-order valence-electron chi connectivity index (χ4n) is 2.58. The number of nitrogens with one attached hydrogen (secondary N) is 1. The molecule has 112 valence electrons. The number of rotatable bonds is 6. The summed E-state index contributed by atoms with van der Waals surface area (Å²) in [6.45, 7) is 7.18. The van der Waals surface area contributed by atoms with Gasteiger partial charge in [0.1, 0.15) is 5.75 Å². The molecule has 2 aromatic carbocycles. The highest BCUT2D eigenvalue weighted by Crippen LogP contribution is 2.28. The van der Waals surface area contributed by atoms with E-state index in [1.807, 2.05) is 13.1 Å². The highest BCUT2D eigenvalue weighted by molar-refractivity contribution is 5.41. The van der Waals surface area contributed by atoms with Crippen LogP contribution in [-0.2, 0) is 0 Å². The van der Waals surface area contributed by atoms with E-state index in [9.17, 15) is 0 Å². The summed E-state index contributed by atoms with van der Waals surface area (Å²) < 4.78 is 5.75. The highest BCUT2D eigenvalue weighted by atomic mass is 16.5. The summed E-state index contributed by atoms with van der Waals surface area (Å²) in [7, 11) is 2.01. The molecule has 21 heavy (non-hydrogen) atoms. The van der Waals surface area contributed by atoms with E-state index in [0.29, 0.717) is 0 Å². The predicted octanol–water partition coefficient (Wildman–Crippen LogP) is 4.40. The molecule has 0 radical (unpaired) electrons. The van der Waals surface area contributed by atoms with Crippen LogP contribution in [-0.4, -0.2) is 13.7 Å². The van der Waals surface area contributed by atoms with Crippen molar-refractivity contribution in [2.24, 2.45) is 0 Å². The molecule has 2 nitrogen and oxygen atoms in total. The Morgan fingerprint density at radius 3 is 2.62 bits per heavy atom. The molecule has 0 aromatic heterocycles. The molecule has 0 aliphatic heterocycles. The van der Waals surface area contributed by atoms with E-state index in [1.165, 1.54) is 22.3 Å². The molecule has 2 rings (SSSR count). The van der Waals surface area contributed by atoms with Crippen LogP contribution in [0, 0.1) is 13.8 Å². The molecular weight excluding hydrogens is 258 g/mol. The van der Waals surface area contributed by atoms with Gasteiger partial charge < -0.3 is 10.1 Å². The summed E-state index contributed by atoms with van der Waals surface area (Å²) in [5.41, 5.74) is 5.15. The molecular formula is C19H25NO. The van der Waals surface area contributed by atoms with Gasteiger partial charge in [-0.2, -0.15) is 0 Å². The SMILES string of the molecule is CCCOc1cccc(C(NC)c2cc(C)ccc2C)c1. The number of ether oxygens (including phenoxy) is 1. The lowest BCUT2D eigenvalue weighted by molar-refractivity contribution is 0.317. The van der Waals surface area contributed by atoms with E-state index in [0.717, 1.165) is 18.8 Å². The summed E-state index contributed by atoms with van der Waals surface area (Å²) in [6.07, 6.45) is 1.02. The molecule has 2 heteroatoms. The smallest absolute Gasteiger partial charge is 0.119 e. The zero-order valence-corrected chi connectivity index (χ0v) is 13.4. The zero-order valence-electron chi connectivity index (χ0n) is 13.4. The van der Waals surface area contributed by atoms with Crippen LogP contribution in [0.3, 0.4) is 0 Å². The quantitative estimate of drug-likeness (QED) is 0.848. The number of aryl methyl sites for hydroxylation is 2. The van der Waals surface area contributed by atoms with Crippen LogP contribution in [0.15, 0.2) is 42.5 Å². The number of hydrogen-bond acceptors (Lipinski definition) is 2. The Labute approximate surface area is 128 Å². The van der Waals surface area contributed by atoms with E-state index in [-0.39, 0.29) is 6.04 Å². The predicted molar refractivity (Wildman–Crippen MR) is 89.0 cm³/mol. The Morgan fingerprint density at radius 2 is 1.90 bits per heavy atom. The third-order valence-electron chi connectivity index (χ3n) is 3.70.